The van der Waals surface area contributed by atoms with Crippen LogP contribution < -0.4 is 0 Å². The molecule has 0 atom stereocenters. The Bertz CT molecular complexity index is 360. The minimum Gasteiger partial charge on any atom is -0.387 e. The predicted octanol–water partition coefficient (Wildman–Crippen LogP) is 2.04. The quantitative estimate of drug-likeness (QED) is 0.641. The normalized spacial score (nSPS) is 23.6. The van der Waals surface area contributed by atoms with Crippen LogP contribution in [0.4, 0.5) is 0 Å². The van der Waals surface area contributed by atoms with Crippen LogP contribution in [0, 0.1) is 0 Å². The number of hydrogen-bond acceptors (Lipinski definition) is 5. The van der Waals surface area contributed by atoms with Crippen LogP contribution in [0.15, 0.2) is 0 Å². The summed E-state index contributed by atoms with van der Waals surface area (Å²) in [7, 11) is 0. The van der Waals surface area contributed by atoms with Crippen molar-refractivity contribution in [2.45, 2.75) is 71.1 Å². The van der Waals surface area contributed by atoms with Crippen LogP contribution in [0.5, 0.6) is 0 Å². The molecule has 148 valence electrons. The first-order chi connectivity index (χ1) is 11.9. The van der Waals surface area contributed by atoms with Gasteiger partial charge in [0.2, 0.25) is 0 Å². The predicted molar refractivity (Wildman–Crippen MR) is 104 cm³/mol. The summed E-state index contributed by atoms with van der Waals surface area (Å²) in [4.78, 5) is 7.58. The van der Waals surface area contributed by atoms with E-state index >= 15 is 0 Å². The number of ether oxygens (including phenoxy) is 1. The molecule has 0 aromatic heterocycles. The lowest BCUT2D eigenvalue weighted by Crippen LogP contribution is -2.49. The highest BCUT2D eigenvalue weighted by Crippen LogP contribution is 2.23. The van der Waals surface area contributed by atoms with Crippen LogP contribution in [0.3, 0.4) is 0 Å². The van der Waals surface area contributed by atoms with Crippen LogP contribution >= 0.6 is 0 Å². The molecular weight excluding hydrogens is 314 g/mol. The highest BCUT2D eigenvalue weighted by molar-refractivity contribution is 4.86. The fraction of sp³-hybridized carbons (Fsp3) is 1.00. The third-order valence-electron chi connectivity index (χ3n) is 5.98. The maximum atomic E-state index is 10.6. The van der Waals surface area contributed by atoms with Gasteiger partial charge in [-0.2, -0.15) is 0 Å². The fourth-order valence-electron chi connectivity index (χ4n) is 3.91. The zero-order valence-corrected chi connectivity index (χ0v) is 17.0. The highest BCUT2D eigenvalue weighted by Gasteiger charge is 2.33. The molecule has 2 saturated heterocycles. The smallest absolute Gasteiger partial charge is 0.0904 e. The molecule has 5 heteroatoms. The Kier molecular flexibility index (Phi) is 8.62. The number of piperidine rings is 1. The molecule has 0 saturated carbocycles. The molecule has 0 unspecified atom stereocenters. The van der Waals surface area contributed by atoms with E-state index in [1.165, 1.54) is 39.1 Å². The van der Waals surface area contributed by atoms with E-state index in [1.54, 1.807) is 0 Å². The Morgan fingerprint density at radius 3 is 1.96 bits per heavy atom. The van der Waals surface area contributed by atoms with Gasteiger partial charge in [-0.25, -0.2) is 0 Å². The molecule has 0 aromatic rings. The zero-order chi connectivity index (χ0) is 18.3. The van der Waals surface area contributed by atoms with Crippen molar-refractivity contribution in [3.63, 3.8) is 0 Å². The standard InChI is InChI=1S/C20H41N3O2/c1-18(2)22-10-7-20(24,8-11-22)17-25-16-6-5-9-21-12-14-23(15-13-21)19(3)4/h18-19,24H,5-17H2,1-4H3. The van der Waals surface area contributed by atoms with Gasteiger partial charge in [0.05, 0.1) is 12.2 Å². The Balaban J connectivity index is 1.49. The fourth-order valence-corrected chi connectivity index (χ4v) is 3.91. The molecule has 1 N–H and O–H groups in total. The van der Waals surface area contributed by atoms with Crippen LogP contribution in [0.1, 0.15) is 53.4 Å². The molecule has 0 spiro atoms. The van der Waals surface area contributed by atoms with Gasteiger partial charge in [0, 0.05) is 58.0 Å². The van der Waals surface area contributed by atoms with Crippen molar-refractivity contribution in [3.05, 3.63) is 0 Å². The van der Waals surface area contributed by atoms with E-state index in [2.05, 4.69) is 42.4 Å². The van der Waals surface area contributed by atoms with E-state index in [9.17, 15) is 5.11 Å². The van der Waals surface area contributed by atoms with Crippen LogP contribution in [0.25, 0.3) is 0 Å². The summed E-state index contributed by atoms with van der Waals surface area (Å²) in [6.45, 7) is 18.3. The monoisotopic (exact) mass is 355 g/mol. The molecule has 2 aliphatic rings. The molecule has 2 fully saturated rings. The highest BCUT2D eigenvalue weighted by atomic mass is 16.5. The van der Waals surface area contributed by atoms with Crippen molar-refractivity contribution in [2.24, 2.45) is 0 Å². The van der Waals surface area contributed by atoms with E-state index in [4.69, 9.17) is 4.74 Å². The number of piperazine rings is 1. The number of aliphatic hydroxyl groups is 1. The van der Waals surface area contributed by atoms with Gasteiger partial charge in [0.15, 0.2) is 0 Å². The van der Waals surface area contributed by atoms with Gasteiger partial charge in [-0.05, 0) is 59.9 Å². The summed E-state index contributed by atoms with van der Waals surface area (Å²) in [6, 6.07) is 1.25. The lowest BCUT2D eigenvalue weighted by Gasteiger charge is -2.39. The van der Waals surface area contributed by atoms with E-state index in [-0.39, 0.29) is 0 Å². The lowest BCUT2D eigenvalue weighted by molar-refractivity contribution is -0.0853. The second-order valence-electron chi connectivity index (χ2n) is 8.59. The van der Waals surface area contributed by atoms with Crippen LogP contribution in [-0.4, -0.2) is 96.5 Å². The summed E-state index contributed by atoms with van der Waals surface area (Å²) in [5.74, 6) is 0. The van der Waals surface area contributed by atoms with Gasteiger partial charge in [0.1, 0.15) is 0 Å². The first-order valence-corrected chi connectivity index (χ1v) is 10.4. The van der Waals surface area contributed by atoms with E-state index < -0.39 is 5.60 Å². The molecule has 0 aliphatic carbocycles. The Morgan fingerprint density at radius 2 is 1.40 bits per heavy atom. The van der Waals surface area contributed by atoms with Gasteiger partial charge in [-0.15, -0.1) is 0 Å². The van der Waals surface area contributed by atoms with Gasteiger partial charge >= 0.3 is 0 Å². The Morgan fingerprint density at radius 1 is 0.840 bits per heavy atom. The topological polar surface area (TPSA) is 39.2 Å². The molecule has 0 bridgehead atoms. The summed E-state index contributed by atoms with van der Waals surface area (Å²) >= 11 is 0. The van der Waals surface area contributed by atoms with Gasteiger partial charge < -0.3 is 19.6 Å². The summed E-state index contributed by atoms with van der Waals surface area (Å²) < 4.78 is 5.81. The van der Waals surface area contributed by atoms with Crippen molar-refractivity contribution >= 4 is 0 Å². The summed E-state index contributed by atoms with van der Waals surface area (Å²) in [6.07, 6.45) is 3.97. The molecular formula is C20H41N3O2. The Labute approximate surface area is 155 Å². The average Bonchev–Trinajstić information content (AvgIpc) is 2.58. The van der Waals surface area contributed by atoms with Crippen molar-refractivity contribution in [2.75, 3.05) is 59.0 Å². The largest absolute Gasteiger partial charge is 0.387 e. The first-order valence-electron chi connectivity index (χ1n) is 10.4. The number of likely N-dealkylation sites (tertiary alicyclic amines) is 1. The Hall–Kier alpha value is -0.200. The molecule has 0 aromatic carbocycles. The maximum absolute atomic E-state index is 10.6. The minimum atomic E-state index is -0.599. The molecule has 2 aliphatic heterocycles. The third-order valence-corrected chi connectivity index (χ3v) is 5.98. The summed E-state index contributed by atoms with van der Waals surface area (Å²) in [5, 5.41) is 10.6. The number of rotatable bonds is 9. The number of nitrogens with zero attached hydrogens (tertiary/aromatic N) is 3. The summed E-state index contributed by atoms with van der Waals surface area (Å²) in [5.41, 5.74) is -0.599. The van der Waals surface area contributed by atoms with Crippen molar-refractivity contribution < 1.29 is 9.84 Å². The number of hydrogen-bond donors (Lipinski definition) is 1. The van der Waals surface area contributed by atoms with E-state index in [1.807, 2.05) is 0 Å². The van der Waals surface area contributed by atoms with Crippen molar-refractivity contribution in [1.29, 1.82) is 0 Å². The van der Waals surface area contributed by atoms with Gasteiger partial charge in [-0.1, -0.05) is 0 Å². The second-order valence-corrected chi connectivity index (χ2v) is 8.59. The van der Waals surface area contributed by atoms with Crippen molar-refractivity contribution in [1.82, 2.24) is 14.7 Å². The van der Waals surface area contributed by atoms with Crippen molar-refractivity contribution in [3.8, 4) is 0 Å². The third kappa shape index (κ3) is 7.14. The average molecular weight is 356 g/mol. The second kappa shape index (κ2) is 10.2. The van der Waals surface area contributed by atoms with Gasteiger partial charge in [0.25, 0.3) is 0 Å². The lowest BCUT2D eigenvalue weighted by atomic mass is 9.92. The maximum Gasteiger partial charge on any atom is 0.0904 e. The number of unbranched alkanes of at least 4 members (excludes halogenated alkanes) is 1. The zero-order valence-electron chi connectivity index (χ0n) is 17.0. The van der Waals surface area contributed by atoms with E-state index in [0.29, 0.717) is 18.7 Å². The molecule has 0 amide bonds. The first kappa shape index (κ1) is 21.1. The molecule has 5 nitrogen and oxygen atoms in total. The molecule has 2 heterocycles. The van der Waals surface area contributed by atoms with Gasteiger partial charge in [-0.3, -0.25) is 4.90 Å². The van der Waals surface area contributed by atoms with Crippen LogP contribution in [0.2, 0.25) is 0 Å². The SMILES string of the molecule is CC(C)N1CCN(CCCCOCC2(O)CCN(C(C)C)CC2)CC1. The van der Waals surface area contributed by atoms with E-state index in [0.717, 1.165) is 39.0 Å². The minimum absolute atomic E-state index is 0.506. The molecule has 0 radical (unpaired) electrons. The molecule has 2 rings (SSSR count). The van der Waals surface area contributed by atoms with Crippen LogP contribution in [-0.2, 0) is 4.74 Å². The molecule has 25 heavy (non-hydrogen) atoms.